The van der Waals surface area contributed by atoms with Crippen LogP contribution < -0.4 is 16.6 Å². The van der Waals surface area contributed by atoms with Gasteiger partial charge in [-0.25, -0.2) is 9.48 Å². The third kappa shape index (κ3) is 3.11. The number of halogens is 2. The van der Waals surface area contributed by atoms with Gasteiger partial charge in [0.05, 0.1) is 6.04 Å². The summed E-state index contributed by atoms with van der Waals surface area (Å²) < 4.78 is 2.09. The molecule has 0 aliphatic heterocycles. The number of nitrogens with one attached hydrogen (secondary N) is 1. The Hall–Kier alpha value is -1.79. The van der Waals surface area contributed by atoms with E-state index in [2.05, 4.69) is 10.4 Å². The molecule has 2 rings (SSSR count). The normalized spacial score (nSPS) is 12.2. The fourth-order valence-electron chi connectivity index (χ4n) is 1.92. The number of nitrogens with zero attached hydrogens (tertiary/aromatic N) is 3. The second-order valence-electron chi connectivity index (χ2n) is 4.65. The molecule has 1 aromatic heterocycles. The quantitative estimate of drug-likeness (QED) is 0.935. The average molecular weight is 329 g/mol. The van der Waals surface area contributed by atoms with Gasteiger partial charge in [0.1, 0.15) is 0 Å². The van der Waals surface area contributed by atoms with E-state index in [9.17, 15) is 9.59 Å². The summed E-state index contributed by atoms with van der Waals surface area (Å²) >= 11 is 12.0. The average Bonchev–Trinajstić information content (AvgIpc) is 2.42. The van der Waals surface area contributed by atoms with E-state index < -0.39 is 11.2 Å². The van der Waals surface area contributed by atoms with Crippen molar-refractivity contribution in [3.8, 4) is 0 Å². The van der Waals surface area contributed by atoms with Gasteiger partial charge in [-0.05, 0) is 24.6 Å². The van der Waals surface area contributed by atoms with Crippen molar-refractivity contribution in [2.45, 2.75) is 13.0 Å². The lowest BCUT2D eigenvalue weighted by Gasteiger charge is -2.16. The smallest absolute Gasteiger partial charge is 0.346 e. The van der Waals surface area contributed by atoms with Crippen LogP contribution in [-0.4, -0.2) is 14.3 Å². The van der Waals surface area contributed by atoms with Crippen LogP contribution >= 0.6 is 23.2 Å². The van der Waals surface area contributed by atoms with Gasteiger partial charge in [0, 0.05) is 24.1 Å². The van der Waals surface area contributed by atoms with Gasteiger partial charge >= 0.3 is 5.69 Å². The van der Waals surface area contributed by atoms with Crippen LogP contribution in [0.2, 0.25) is 10.0 Å². The second kappa shape index (κ2) is 5.91. The standard InChI is InChI=1S/C13H14Cl2N4O2/c1-7(9-5-4-8(14)6-10(9)15)16-11-12(20)18(2)13(21)19(3)17-11/h4-7H,1-3H3,(H,16,17). The molecule has 0 spiro atoms. The summed E-state index contributed by atoms with van der Waals surface area (Å²) in [6.07, 6.45) is 0. The highest BCUT2D eigenvalue weighted by Crippen LogP contribution is 2.27. The van der Waals surface area contributed by atoms with Crippen LogP contribution in [-0.2, 0) is 14.1 Å². The number of aromatic nitrogens is 3. The zero-order valence-electron chi connectivity index (χ0n) is 11.7. The van der Waals surface area contributed by atoms with Crippen LogP contribution in [0.25, 0.3) is 0 Å². The molecule has 1 unspecified atom stereocenters. The minimum Gasteiger partial charge on any atom is -0.357 e. The van der Waals surface area contributed by atoms with Gasteiger partial charge in [0.2, 0.25) is 5.82 Å². The molecule has 0 fully saturated rings. The minimum absolute atomic E-state index is 0.0816. The lowest BCUT2D eigenvalue weighted by Crippen LogP contribution is -2.40. The van der Waals surface area contributed by atoms with E-state index in [4.69, 9.17) is 23.2 Å². The number of hydrogen-bond acceptors (Lipinski definition) is 4. The first-order chi connectivity index (χ1) is 9.81. The summed E-state index contributed by atoms with van der Waals surface area (Å²) in [5.41, 5.74) is -0.198. The SMILES string of the molecule is CC(Nc1nn(C)c(=O)n(C)c1=O)c1ccc(Cl)cc1Cl. The van der Waals surface area contributed by atoms with E-state index in [1.165, 1.54) is 14.1 Å². The van der Waals surface area contributed by atoms with Crippen LogP contribution in [0.15, 0.2) is 27.8 Å². The fraction of sp³-hybridized carbons (Fsp3) is 0.308. The molecular weight excluding hydrogens is 315 g/mol. The summed E-state index contributed by atoms with van der Waals surface area (Å²) in [6, 6.07) is 4.85. The summed E-state index contributed by atoms with van der Waals surface area (Å²) in [6.45, 7) is 1.83. The number of rotatable bonds is 3. The molecule has 1 heterocycles. The molecule has 0 amide bonds. The summed E-state index contributed by atoms with van der Waals surface area (Å²) in [5.74, 6) is 0.0816. The first-order valence-corrected chi connectivity index (χ1v) is 6.92. The van der Waals surface area contributed by atoms with Gasteiger partial charge < -0.3 is 5.32 Å². The van der Waals surface area contributed by atoms with E-state index in [1.54, 1.807) is 18.2 Å². The first kappa shape index (κ1) is 15.6. The monoisotopic (exact) mass is 328 g/mol. The van der Waals surface area contributed by atoms with Crippen molar-refractivity contribution in [2.24, 2.45) is 14.1 Å². The molecule has 112 valence electrons. The Morgan fingerprint density at radius 3 is 2.52 bits per heavy atom. The van der Waals surface area contributed by atoms with Crippen LogP contribution in [0.3, 0.4) is 0 Å². The van der Waals surface area contributed by atoms with Gasteiger partial charge in [0.25, 0.3) is 5.56 Å². The minimum atomic E-state index is -0.491. The van der Waals surface area contributed by atoms with Crippen molar-refractivity contribution in [1.82, 2.24) is 14.3 Å². The predicted octanol–water partition coefficient (Wildman–Crippen LogP) is 1.96. The van der Waals surface area contributed by atoms with E-state index in [1.807, 2.05) is 6.92 Å². The van der Waals surface area contributed by atoms with E-state index in [0.717, 1.165) is 14.8 Å². The summed E-state index contributed by atoms with van der Waals surface area (Å²) in [5, 5.41) is 7.92. The van der Waals surface area contributed by atoms with Crippen molar-refractivity contribution < 1.29 is 0 Å². The molecule has 0 aliphatic carbocycles. The Morgan fingerprint density at radius 1 is 1.24 bits per heavy atom. The molecule has 21 heavy (non-hydrogen) atoms. The largest absolute Gasteiger partial charge is 0.357 e. The molecule has 2 aromatic rings. The van der Waals surface area contributed by atoms with Crippen LogP contribution in [0.5, 0.6) is 0 Å². The number of aryl methyl sites for hydroxylation is 1. The lowest BCUT2D eigenvalue weighted by atomic mass is 10.1. The first-order valence-electron chi connectivity index (χ1n) is 6.17. The molecule has 0 bridgehead atoms. The van der Waals surface area contributed by atoms with Gasteiger partial charge in [-0.2, -0.15) is 0 Å². The maximum atomic E-state index is 12.0. The van der Waals surface area contributed by atoms with E-state index in [-0.39, 0.29) is 11.9 Å². The van der Waals surface area contributed by atoms with Crippen molar-refractivity contribution in [3.05, 3.63) is 54.6 Å². The molecular formula is C13H14Cl2N4O2. The third-order valence-corrected chi connectivity index (χ3v) is 3.67. The zero-order chi connectivity index (χ0) is 15.7. The Labute approximate surface area is 130 Å². The summed E-state index contributed by atoms with van der Waals surface area (Å²) in [4.78, 5) is 23.6. The van der Waals surface area contributed by atoms with Crippen LogP contribution in [0, 0.1) is 0 Å². The van der Waals surface area contributed by atoms with E-state index in [0.29, 0.717) is 10.0 Å². The highest BCUT2D eigenvalue weighted by Gasteiger charge is 2.14. The molecule has 1 N–H and O–H groups in total. The molecule has 0 radical (unpaired) electrons. The Balaban J connectivity index is 2.38. The highest BCUT2D eigenvalue weighted by molar-refractivity contribution is 6.35. The molecule has 6 nitrogen and oxygen atoms in total. The van der Waals surface area contributed by atoms with Gasteiger partial charge in [-0.15, -0.1) is 5.10 Å². The van der Waals surface area contributed by atoms with Gasteiger partial charge in [-0.3, -0.25) is 9.36 Å². The fourth-order valence-corrected chi connectivity index (χ4v) is 2.50. The maximum absolute atomic E-state index is 12.0. The zero-order valence-corrected chi connectivity index (χ0v) is 13.2. The summed E-state index contributed by atoms with van der Waals surface area (Å²) in [7, 11) is 2.88. The number of hydrogen-bond donors (Lipinski definition) is 1. The highest BCUT2D eigenvalue weighted by atomic mass is 35.5. The van der Waals surface area contributed by atoms with Crippen LogP contribution in [0.1, 0.15) is 18.5 Å². The molecule has 0 saturated heterocycles. The molecule has 1 aromatic carbocycles. The maximum Gasteiger partial charge on any atom is 0.346 e. The van der Waals surface area contributed by atoms with Crippen molar-refractivity contribution in [1.29, 1.82) is 0 Å². The Morgan fingerprint density at radius 2 is 1.90 bits per heavy atom. The van der Waals surface area contributed by atoms with Crippen molar-refractivity contribution in [2.75, 3.05) is 5.32 Å². The Bertz CT molecular complexity index is 798. The predicted molar refractivity (Wildman–Crippen MR) is 83.2 cm³/mol. The van der Waals surface area contributed by atoms with E-state index >= 15 is 0 Å². The lowest BCUT2D eigenvalue weighted by molar-refractivity contribution is 0.601. The van der Waals surface area contributed by atoms with Crippen molar-refractivity contribution >= 4 is 29.0 Å². The molecule has 0 aliphatic rings. The van der Waals surface area contributed by atoms with Crippen LogP contribution in [0.4, 0.5) is 5.82 Å². The Kier molecular flexibility index (Phi) is 4.39. The second-order valence-corrected chi connectivity index (χ2v) is 5.49. The molecule has 0 saturated carbocycles. The molecule has 1 atom stereocenters. The van der Waals surface area contributed by atoms with Gasteiger partial charge in [-0.1, -0.05) is 29.3 Å². The van der Waals surface area contributed by atoms with Gasteiger partial charge in [0.15, 0.2) is 0 Å². The van der Waals surface area contributed by atoms with Crippen molar-refractivity contribution in [3.63, 3.8) is 0 Å². The topological polar surface area (TPSA) is 68.9 Å². The molecule has 8 heteroatoms. The number of anilines is 1. The number of benzene rings is 1. The third-order valence-electron chi connectivity index (χ3n) is 3.10.